The lowest BCUT2D eigenvalue weighted by molar-refractivity contribution is -0.139. The maximum atomic E-state index is 12.9. The first-order chi connectivity index (χ1) is 18.8. The summed E-state index contributed by atoms with van der Waals surface area (Å²) in [4.78, 5) is 32.5. The minimum absolute atomic E-state index is 0.127. The molecule has 0 radical (unpaired) electrons. The molecule has 2 aromatic heterocycles. The van der Waals surface area contributed by atoms with Crippen molar-refractivity contribution in [1.29, 1.82) is 0 Å². The number of aryl methyl sites for hydroxylation is 3. The van der Waals surface area contributed by atoms with Gasteiger partial charge in [-0.3, -0.25) is 4.79 Å². The van der Waals surface area contributed by atoms with E-state index in [0.717, 1.165) is 33.3 Å². The Balaban J connectivity index is 1.22. The van der Waals surface area contributed by atoms with E-state index in [1.54, 1.807) is 24.3 Å². The molecule has 5 rings (SSSR count). The SMILES string of the molecule is Cc1cc(C)c(C(=O)NC(Cc2ccc(-c3nnc(CNc4nc5ccccc5[nH]4)o3)cc2)C(=O)O)c(C)c1. The number of rotatable bonds is 9. The van der Waals surface area contributed by atoms with Crippen LogP contribution >= 0.6 is 0 Å². The highest BCUT2D eigenvalue weighted by atomic mass is 16.4. The highest BCUT2D eigenvalue weighted by Crippen LogP contribution is 2.21. The Morgan fingerprint density at radius 2 is 1.72 bits per heavy atom. The number of carboxylic acid groups (broad SMARTS) is 1. The van der Waals surface area contributed by atoms with Crippen LogP contribution in [-0.4, -0.2) is 43.2 Å². The van der Waals surface area contributed by atoms with Crippen LogP contribution in [0.5, 0.6) is 0 Å². The number of carbonyl (C=O) groups excluding carboxylic acids is 1. The zero-order chi connectivity index (χ0) is 27.5. The maximum Gasteiger partial charge on any atom is 0.326 e. The minimum atomic E-state index is -1.10. The summed E-state index contributed by atoms with van der Waals surface area (Å²) in [5, 5.41) is 23.8. The molecule has 0 aliphatic heterocycles. The summed E-state index contributed by atoms with van der Waals surface area (Å²) in [7, 11) is 0. The third-order valence-corrected chi connectivity index (χ3v) is 6.41. The highest BCUT2D eigenvalue weighted by molar-refractivity contribution is 5.99. The van der Waals surface area contributed by atoms with Crippen molar-refractivity contribution in [3.05, 3.63) is 94.4 Å². The van der Waals surface area contributed by atoms with Gasteiger partial charge in [-0.2, -0.15) is 0 Å². The zero-order valence-corrected chi connectivity index (χ0v) is 21.8. The second-order valence-electron chi connectivity index (χ2n) is 9.50. The number of carboxylic acids is 1. The van der Waals surface area contributed by atoms with Gasteiger partial charge in [0.1, 0.15) is 6.04 Å². The van der Waals surface area contributed by atoms with Gasteiger partial charge >= 0.3 is 5.97 Å². The number of amides is 1. The number of carbonyl (C=O) groups is 2. The van der Waals surface area contributed by atoms with E-state index in [-0.39, 0.29) is 6.42 Å². The van der Waals surface area contributed by atoms with Gasteiger partial charge in [-0.25, -0.2) is 9.78 Å². The van der Waals surface area contributed by atoms with Crippen LogP contribution in [-0.2, 0) is 17.8 Å². The van der Waals surface area contributed by atoms with E-state index in [2.05, 4.69) is 30.8 Å². The van der Waals surface area contributed by atoms with Gasteiger partial charge in [0.15, 0.2) is 0 Å². The molecule has 10 heteroatoms. The van der Waals surface area contributed by atoms with Gasteiger partial charge in [-0.1, -0.05) is 42.0 Å². The normalized spacial score (nSPS) is 11.9. The lowest BCUT2D eigenvalue weighted by atomic mass is 9.98. The first-order valence-electron chi connectivity index (χ1n) is 12.5. The topological polar surface area (TPSA) is 146 Å². The number of anilines is 1. The van der Waals surface area contributed by atoms with Crippen LogP contribution in [0.3, 0.4) is 0 Å². The van der Waals surface area contributed by atoms with Crippen molar-refractivity contribution in [3.63, 3.8) is 0 Å². The van der Waals surface area contributed by atoms with Gasteiger partial charge in [0.2, 0.25) is 17.7 Å². The zero-order valence-electron chi connectivity index (χ0n) is 21.8. The predicted octanol–water partition coefficient (Wildman–Crippen LogP) is 4.58. The number of aromatic nitrogens is 4. The Kier molecular flexibility index (Phi) is 7.09. The number of aromatic amines is 1. The Hall–Kier alpha value is -4.99. The quantitative estimate of drug-likeness (QED) is 0.219. The van der Waals surface area contributed by atoms with E-state index in [1.807, 2.05) is 57.2 Å². The first kappa shape index (κ1) is 25.7. The number of nitrogens with zero attached hydrogens (tertiary/aromatic N) is 3. The Bertz CT molecular complexity index is 1600. The summed E-state index contributed by atoms with van der Waals surface area (Å²) in [6, 6.07) is 17.6. The predicted molar refractivity (Wildman–Crippen MR) is 146 cm³/mol. The van der Waals surface area contributed by atoms with Gasteiger partial charge in [0.05, 0.1) is 17.6 Å². The largest absolute Gasteiger partial charge is 0.480 e. The fraction of sp³-hybridized carbons (Fsp3) is 0.207. The number of nitrogens with one attached hydrogen (secondary N) is 3. The molecule has 2 heterocycles. The smallest absolute Gasteiger partial charge is 0.326 e. The maximum absolute atomic E-state index is 12.9. The number of para-hydroxylation sites is 2. The van der Waals surface area contributed by atoms with E-state index < -0.39 is 17.9 Å². The first-order valence-corrected chi connectivity index (χ1v) is 12.5. The van der Waals surface area contributed by atoms with Crippen molar-refractivity contribution in [1.82, 2.24) is 25.5 Å². The Labute approximate surface area is 224 Å². The molecule has 4 N–H and O–H groups in total. The molecule has 3 aromatic carbocycles. The highest BCUT2D eigenvalue weighted by Gasteiger charge is 2.23. The molecule has 0 aliphatic rings. The minimum Gasteiger partial charge on any atom is -0.480 e. The van der Waals surface area contributed by atoms with Crippen LogP contribution in [0, 0.1) is 20.8 Å². The average Bonchev–Trinajstić information content (AvgIpc) is 3.54. The number of benzene rings is 3. The van der Waals surface area contributed by atoms with Crippen molar-refractivity contribution in [2.45, 2.75) is 39.8 Å². The van der Waals surface area contributed by atoms with Crippen LogP contribution in [0.4, 0.5) is 5.95 Å². The summed E-state index contributed by atoms with van der Waals surface area (Å²) in [5.41, 5.74) is 6.40. The van der Waals surface area contributed by atoms with Crippen molar-refractivity contribution in [2.24, 2.45) is 0 Å². The van der Waals surface area contributed by atoms with E-state index in [9.17, 15) is 14.7 Å². The molecule has 0 saturated carbocycles. The van der Waals surface area contributed by atoms with E-state index in [1.165, 1.54) is 0 Å². The summed E-state index contributed by atoms with van der Waals surface area (Å²) in [6.45, 7) is 5.95. The third-order valence-electron chi connectivity index (χ3n) is 6.41. The number of hydrogen-bond acceptors (Lipinski definition) is 7. The van der Waals surface area contributed by atoms with Crippen LogP contribution in [0.25, 0.3) is 22.5 Å². The molecule has 10 nitrogen and oxygen atoms in total. The molecule has 1 amide bonds. The van der Waals surface area contributed by atoms with Gasteiger partial charge in [-0.15, -0.1) is 10.2 Å². The van der Waals surface area contributed by atoms with Crippen molar-refractivity contribution in [2.75, 3.05) is 5.32 Å². The molecule has 198 valence electrons. The monoisotopic (exact) mass is 524 g/mol. The number of aliphatic carboxylic acids is 1. The van der Waals surface area contributed by atoms with Gasteiger partial charge in [0.25, 0.3) is 5.91 Å². The molecule has 5 aromatic rings. The molecule has 1 unspecified atom stereocenters. The molecular formula is C29H28N6O4. The second-order valence-corrected chi connectivity index (χ2v) is 9.50. The van der Waals surface area contributed by atoms with Gasteiger partial charge < -0.3 is 25.1 Å². The third kappa shape index (κ3) is 5.80. The molecule has 0 spiro atoms. The van der Waals surface area contributed by atoms with Crippen LogP contribution in [0.15, 0.2) is 65.1 Å². The summed E-state index contributed by atoms with van der Waals surface area (Å²) < 4.78 is 5.78. The van der Waals surface area contributed by atoms with Gasteiger partial charge in [0, 0.05) is 17.5 Å². The number of imidazole rings is 1. The Morgan fingerprint density at radius 1 is 1.00 bits per heavy atom. The number of fused-ring (bicyclic) bond motifs is 1. The second kappa shape index (κ2) is 10.8. The molecule has 1 atom stereocenters. The van der Waals surface area contributed by atoms with E-state index >= 15 is 0 Å². The van der Waals surface area contributed by atoms with Crippen molar-refractivity contribution in [3.8, 4) is 11.5 Å². The molecule has 0 fully saturated rings. The Morgan fingerprint density at radius 3 is 2.41 bits per heavy atom. The van der Waals surface area contributed by atoms with E-state index in [0.29, 0.717) is 35.4 Å². The number of H-pyrrole nitrogens is 1. The fourth-order valence-electron chi connectivity index (χ4n) is 4.63. The molecule has 0 saturated heterocycles. The summed E-state index contributed by atoms with van der Waals surface area (Å²) in [5.74, 6) is -0.161. The van der Waals surface area contributed by atoms with Crippen LogP contribution < -0.4 is 10.6 Å². The van der Waals surface area contributed by atoms with Crippen molar-refractivity contribution < 1.29 is 19.1 Å². The lowest BCUT2D eigenvalue weighted by Gasteiger charge is -2.17. The molecular weight excluding hydrogens is 496 g/mol. The molecule has 39 heavy (non-hydrogen) atoms. The fourth-order valence-corrected chi connectivity index (χ4v) is 4.63. The summed E-state index contributed by atoms with van der Waals surface area (Å²) in [6.07, 6.45) is 0.127. The molecule has 0 aliphatic carbocycles. The lowest BCUT2D eigenvalue weighted by Crippen LogP contribution is -2.42. The number of hydrogen-bond donors (Lipinski definition) is 4. The average molecular weight is 525 g/mol. The van der Waals surface area contributed by atoms with Crippen molar-refractivity contribution >= 4 is 28.9 Å². The van der Waals surface area contributed by atoms with Gasteiger partial charge in [-0.05, 0) is 61.7 Å². The summed E-state index contributed by atoms with van der Waals surface area (Å²) >= 11 is 0. The molecule has 0 bridgehead atoms. The van der Waals surface area contributed by atoms with Crippen LogP contribution in [0.2, 0.25) is 0 Å². The standard InChI is InChI=1S/C29H28N6O4/c1-16-12-17(2)25(18(3)13-16)26(36)31-23(28(37)38)14-19-8-10-20(11-9-19)27-35-34-24(39-27)15-30-29-32-21-6-4-5-7-22(21)33-29/h4-13,23H,14-15H2,1-3H3,(H,31,36)(H,37,38)(H2,30,32,33). The van der Waals surface area contributed by atoms with E-state index in [4.69, 9.17) is 4.42 Å². The van der Waals surface area contributed by atoms with Crippen LogP contribution in [0.1, 0.15) is 38.5 Å².